The van der Waals surface area contributed by atoms with Crippen LogP contribution in [0.2, 0.25) is 5.02 Å². The SMILES string of the molecule is CC1CC(C)CC(OCC(=O)Nc2ccc(N)cc2Cl)C1. The Balaban J connectivity index is 1.82. The zero-order valence-electron chi connectivity index (χ0n) is 12.6. The summed E-state index contributed by atoms with van der Waals surface area (Å²) in [6.07, 6.45) is 3.48. The van der Waals surface area contributed by atoms with Crippen molar-refractivity contribution in [1.82, 2.24) is 0 Å². The molecule has 1 aromatic rings. The molecule has 1 fully saturated rings. The van der Waals surface area contributed by atoms with E-state index in [9.17, 15) is 4.79 Å². The smallest absolute Gasteiger partial charge is 0.250 e. The van der Waals surface area contributed by atoms with Crippen LogP contribution in [0.1, 0.15) is 33.1 Å². The number of hydrogen-bond donors (Lipinski definition) is 2. The van der Waals surface area contributed by atoms with E-state index in [2.05, 4.69) is 19.2 Å². The number of benzene rings is 1. The number of anilines is 2. The van der Waals surface area contributed by atoms with Gasteiger partial charge in [0.05, 0.1) is 16.8 Å². The van der Waals surface area contributed by atoms with E-state index in [-0.39, 0.29) is 18.6 Å². The van der Waals surface area contributed by atoms with Gasteiger partial charge in [-0.25, -0.2) is 0 Å². The fourth-order valence-electron chi connectivity index (χ4n) is 3.02. The van der Waals surface area contributed by atoms with Crippen molar-refractivity contribution < 1.29 is 9.53 Å². The van der Waals surface area contributed by atoms with E-state index < -0.39 is 0 Å². The predicted molar refractivity (Wildman–Crippen MR) is 86.4 cm³/mol. The van der Waals surface area contributed by atoms with Gasteiger partial charge in [0.2, 0.25) is 5.91 Å². The second-order valence-electron chi connectivity index (χ2n) is 6.14. The number of nitrogen functional groups attached to an aromatic ring is 1. The number of rotatable bonds is 4. The van der Waals surface area contributed by atoms with E-state index in [1.807, 2.05) is 0 Å². The minimum Gasteiger partial charge on any atom is -0.399 e. The summed E-state index contributed by atoms with van der Waals surface area (Å²) in [5, 5.41) is 3.18. The van der Waals surface area contributed by atoms with Crippen LogP contribution in [0, 0.1) is 11.8 Å². The van der Waals surface area contributed by atoms with Gasteiger partial charge >= 0.3 is 0 Å². The van der Waals surface area contributed by atoms with Crippen molar-refractivity contribution in [1.29, 1.82) is 0 Å². The Kier molecular flexibility index (Phi) is 5.48. The summed E-state index contributed by atoms with van der Waals surface area (Å²) in [5.74, 6) is 1.13. The number of ether oxygens (including phenoxy) is 1. The van der Waals surface area contributed by atoms with Crippen molar-refractivity contribution in [2.24, 2.45) is 11.8 Å². The molecule has 1 aliphatic rings. The van der Waals surface area contributed by atoms with E-state index in [4.69, 9.17) is 22.1 Å². The summed E-state index contributed by atoms with van der Waals surface area (Å²) >= 11 is 6.03. The van der Waals surface area contributed by atoms with E-state index in [0.717, 1.165) is 12.8 Å². The van der Waals surface area contributed by atoms with Crippen LogP contribution in [0.15, 0.2) is 18.2 Å². The normalized spacial score (nSPS) is 25.6. The van der Waals surface area contributed by atoms with Crippen LogP contribution in [0.3, 0.4) is 0 Å². The standard InChI is InChI=1S/C16H23ClN2O2/c1-10-5-11(2)7-13(6-10)21-9-16(20)19-15-4-3-12(18)8-14(15)17/h3-4,8,10-11,13H,5-7,9,18H2,1-2H3,(H,19,20). The monoisotopic (exact) mass is 310 g/mol. The summed E-state index contributed by atoms with van der Waals surface area (Å²) in [4.78, 5) is 11.9. The molecule has 1 aromatic carbocycles. The molecule has 2 unspecified atom stereocenters. The molecule has 0 spiro atoms. The number of hydrogen-bond acceptors (Lipinski definition) is 3. The first-order valence-electron chi connectivity index (χ1n) is 7.40. The molecule has 0 saturated heterocycles. The molecule has 5 heteroatoms. The van der Waals surface area contributed by atoms with E-state index >= 15 is 0 Å². The molecular weight excluding hydrogens is 288 g/mol. The minimum atomic E-state index is -0.187. The first-order valence-corrected chi connectivity index (χ1v) is 7.78. The largest absolute Gasteiger partial charge is 0.399 e. The van der Waals surface area contributed by atoms with Crippen molar-refractivity contribution in [2.75, 3.05) is 17.7 Å². The van der Waals surface area contributed by atoms with Crippen molar-refractivity contribution >= 4 is 28.9 Å². The molecule has 2 rings (SSSR count). The molecule has 1 amide bonds. The number of halogens is 1. The topological polar surface area (TPSA) is 64.3 Å². The van der Waals surface area contributed by atoms with Crippen LogP contribution in [-0.4, -0.2) is 18.6 Å². The third kappa shape index (κ3) is 4.90. The Bertz CT molecular complexity index is 497. The Hall–Kier alpha value is -1.26. The third-order valence-corrected chi connectivity index (χ3v) is 4.17. The number of amides is 1. The van der Waals surface area contributed by atoms with Gasteiger partial charge in [0.25, 0.3) is 0 Å². The quantitative estimate of drug-likeness (QED) is 0.833. The Labute approximate surface area is 131 Å². The van der Waals surface area contributed by atoms with Gasteiger partial charge < -0.3 is 15.8 Å². The summed E-state index contributed by atoms with van der Waals surface area (Å²) < 4.78 is 5.74. The summed E-state index contributed by atoms with van der Waals surface area (Å²) in [6, 6.07) is 5.01. The van der Waals surface area contributed by atoms with Gasteiger partial charge in [-0.2, -0.15) is 0 Å². The van der Waals surface area contributed by atoms with Crippen molar-refractivity contribution in [3.8, 4) is 0 Å². The van der Waals surface area contributed by atoms with E-state index in [0.29, 0.717) is 28.2 Å². The van der Waals surface area contributed by atoms with Crippen molar-refractivity contribution in [3.05, 3.63) is 23.2 Å². The van der Waals surface area contributed by atoms with Crippen LogP contribution in [0.25, 0.3) is 0 Å². The van der Waals surface area contributed by atoms with E-state index in [1.165, 1.54) is 6.42 Å². The van der Waals surface area contributed by atoms with E-state index in [1.54, 1.807) is 18.2 Å². The van der Waals surface area contributed by atoms with Gasteiger partial charge in [0, 0.05) is 5.69 Å². The summed E-state index contributed by atoms with van der Waals surface area (Å²) in [5.41, 5.74) is 6.75. The molecule has 21 heavy (non-hydrogen) atoms. The van der Waals surface area contributed by atoms with Crippen molar-refractivity contribution in [2.45, 2.75) is 39.2 Å². The highest BCUT2D eigenvalue weighted by Crippen LogP contribution is 2.30. The highest BCUT2D eigenvalue weighted by molar-refractivity contribution is 6.34. The molecule has 2 atom stereocenters. The maximum absolute atomic E-state index is 11.9. The van der Waals surface area contributed by atoms with Crippen molar-refractivity contribution in [3.63, 3.8) is 0 Å². The highest BCUT2D eigenvalue weighted by Gasteiger charge is 2.24. The second-order valence-corrected chi connectivity index (χ2v) is 6.55. The first kappa shape index (κ1) is 16.1. The fourth-order valence-corrected chi connectivity index (χ4v) is 3.26. The Morgan fingerprint density at radius 2 is 2.00 bits per heavy atom. The number of carbonyl (C=O) groups excluding carboxylic acids is 1. The molecule has 0 heterocycles. The van der Waals surface area contributed by atoms with Gasteiger partial charge in [-0.1, -0.05) is 25.4 Å². The molecule has 116 valence electrons. The number of carbonyl (C=O) groups is 1. The predicted octanol–water partition coefficient (Wildman–Crippen LogP) is 3.70. The number of nitrogens with two attached hydrogens (primary N) is 1. The third-order valence-electron chi connectivity index (χ3n) is 3.85. The molecule has 1 saturated carbocycles. The van der Waals surface area contributed by atoms with Gasteiger partial charge in [-0.15, -0.1) is 0 Å². The lowest BCUT2D eigenvalue weighted by Crippen LogP contribution is -2.29. The maximum Gasteiger partial charge on any atom is 0.250 e. The number of nitrogens with one attached hydrogen (secondary N) is 1. The minimum absolute atomic E-state index is 0.0603. The molecule has 1 aliphatic carbocycles. The summed E-state index contributed by atoms with van der Waals surface area (Å²) in [6.45, 7) is 4.53. The van der Waals surface area contributed by atoms with Gasteiger partial charge in [-0.05, 0) is 49.3 Å². The second kappa shape index (κ2) is 7.14. The molecule has 0 bridgehead atoms. The maximum atomic E-state index is 11.9. The Morgan fingerprint density at radius 1 is 1.33 bits per heavy atom. The zero-order valence-corrected chi connectivity index (χ0v) is 13.3. The van der Waals surface area contributed by atoms with Crippen LogP contribution in [-0.2, 0) is 9.53 Å². The highest BCUT2D eigenvalue weighted by atomic mass is 35.5. The lowest BCUT2D eigenvalue weighted by atomic mass is 9.82. The molecular formula is C16H23ClN2O2. The lowest BCUT2D eigenvalue weighted by Gasteiger charge is -2.31. The molecule has 3 N–H and O–H groups in total. The summed E-state index contributed by atoms with van der Waals surface area (Å²) in [7, 11) is 0. The molecule has 0 aliphatic heterocycles. The zero-order chi connectivity index (χ0) is 15.4. The van der Waals surface area contributed by atoms with Gasteiger partial charge in [0.15, 0.2) is 0 Å². The first-order chi connectivity index (χ1) is 9.94. The lowest BCUT2D eigenvalue weighted by molar-refractivity contribution is -0.124. The average Bonchev–Trinajstić information content (AvgIpc) is 2.39. The average molecular weight is 311 g/mol. The molecule has 0 aromatic heterocycles. The van der Waals surface area contributed by atoms with Crippen LogP contribution in [0.4, 0.5) is 11.4 Å². The molecule has 0 radical (unpaired) electrons. The van der Waals surface area contributed by atoms with Crippen LogP contribution >= 0.6 is 11.6 Å². The van der Waals surface area contributed by atoms with Crippen LogP contribution in [0.5, 0.6) is 0 Å². The van der Waals surface area contributed by atoms with Crippen LogP contribution < -0.4 is 11.1 Å². The Morgan fingerprint density at radius 3 is 2.62 bits per heavy atom. The molecule has 4 nitrogen and oxygen atoms in total. The van der Waals surface area contributed by atoms with Gasteiger partial charge in [0.1, 0.15) is 6.61 Å². The van der Waals surface area contributed by atoms with Gasteiger partial charge in [-0.3, -0.25) is 4.79 Å². The fraction of sp³-hybridized carbons (Fsp3) is 0.562.